The van der Waals surface area contributed by atoms with E-state index in [1.165, 1.54) is 7.11 Å². The minimum atomic E-state index is -0.317. The van der Waals surface area contributed by atoms with Crippen molar-refractivity contribution in [2.24, 2.45) is 0 Å². The molecule has 142 valence electrons. The summed E-state index contributed by atoms with van der Waals surface area (Å²) in [4.78, 5) is 9.10. The van der Waals surface area contributed by atoms with E-state index in [-0.39, 0.29) is 11.6 Å². The highest BCUT2D eigenvalue weighted by atomic mass is 19.1. The van der Waals surface area contributed by atoms with Crippen LogP contribution in [0.5, 0.6) is 5.75 Å². The molecule has 0 atom stereocenters. The number of hydrogen-bond donors (Lipinski definition) is 0. The summed E-state index contributed by atoms with van der Waals surface area (Å²) in [6.07, 6.45) is 4.54. The summed E-state index contributed by atoms with van der Waals surface area (Å²) in [5, 5.41) is 8.57. The number of hydrogen-bond acceptors (Lipinski definition) is 6. The molecule has 4 rings (SSSR count). The van der Waals surface area contributed by atoms with Gasteiger partial charge in [-0.25, -0.2) is 9.37 Å². The number of nitrogens with zero attached hydrogens (tertiary/aromatic N) is 6. The molecule has 3 aromatic rings. The van der Waals surface area contributed by atoms with Crippen molar-refractivity contribution in [2.45, 2.75) is 19.9 Å². The third-order valence-electron chi connectivity index (χ3n) is 4.99. The second kappa shape index (κ2) is 7.48. The molecule has 1 aromatic carbocycles. The van der Waals surface area contributed by atoms with Crippen molar-refractivity contribution in [1.29, 1.82) is 0 Å². The van der Waals surface area contributed by atoms with Gasteiger partial charge in [0.05, 0.1) is 7.11 Å². The largest absolute Gasteiger partial charge is 0.494 e. The molecule has 0 spiro atoms. The third-order valence-corrected chi connectivity index (χ3v) is 4.99. The van der Waals surface area contributed by atoms with Crippen LogP contribution in [-0.4, -0.2) is 57.8 Å². The Labute approximate surface area is 157 Å². The van der Waals surface area contributed by atoms with Crippen LogP contribution in [0.1, 0.15) is 18.3 Å². The molecule has 7 nitrogen and oxygen atoms in total. The lowest BCUT2D eigenvalue weighted by Crippen LogP contribution is -2.46. The zero-order chi connectivity index (χ0) is 18.8. The maximum Gasteiger partial charge on any atom is 0.203 e. The molecular formula is C19H23FN6O. The van der Waals surface area contributed by atoms with Gasteiger partial charge < -0.3 is 9.64 Å². The lowest BCUT2D eigenvalue weighted by atomic mass is 10.2. The van der Waals surface area contributed by atoms with Crippen molar-refractivity contribution < 1.29 is 9.13 Å². The monoisotopic (exact) mass is 370 g/mol. The Morgan fingerprint density at radius 3 is 2.67 bits per heavy atom. The molecule has 0 bridgehead atoms. The van der Waals surface area contributed by atoms with E-state index in [1.54, 1.807) is 18.3 Å². The SMILES string of the molecule is CCc1nnc2c(N3CCN(Cc4ccc(OC)c(F)c4)CC3)nccn12. The molecule has 0 radical (unpaired) electrons. The molecule has 27 heavy (non-hydrogen) atoms. The molecule has 0 aliphatic carbocycles. The number of piperazine rings is 1. The van der Waals surface area contributed by atoms with Gasteiger partial charge in [0.1, 0.15) is 5.82 Å². The lowest BCUT2D eigenvalue weighted by Gasteiger charge is -2.35. The number of rotatable bonds is 5. The molecule has 0 unspecified atom stereocenters. The second-order valence-corrected chi connectivity index (χ2v) is 6.65. The van der Waals surface area contributed by atoms with Crippen molar-refractivity contribution in [2.75, 3.05) is 38.2 Å². The summed E-state index contributed by atoms with van der Waals surface area (Å²) >= 11 is 0. The fourth-order valence-corrected chi connectivity index (χ4v) is 3.51. The minimum Gasteiger partial charge on any atom is -0.494 e. The summed E-state index contributed by atoms with van der Waals surface area (Å²) in [6, 6.07) is 5.15. The van der Waals surface area contributed by atoms with Gasteiger partial charge >= 0.3 is 0 Å². The van der Waals surface area contributed by atoms with Gasteiger partial charge in [0.25, 0.3) is 0 Å². The molecule has 0 amide bonds. The van der Waals surface area contributed by atoms with Crippen LogP contribution in [0, 0.1) is 5.82 Å². The number of aryl methyl sites for hydroxylation is 1. The van der Waals surface area contributed by atoms with E-state index in [2.05, 4.69) is 31.9 Å². The number of benzene rings is 1. The highest BCUT2D eigenvalue weighted by Crippen LogP contribution is 2.22. The van der Waals surface area contributed by atoms with E-state index in [1.807, 2.05) is 16.7 Å². The third kappa shape index (κ3) is 3.44. The van der Waals surface area contributed by atoms with Crippen molar-refractivity contribution in [3.05, 3.63) is 47.8 Å². The van der Waals surface area contributed by atoms with Gasteiger partial charge in [-0.15, -0.1) is 10.2 Å². The maximum absolute atomic E-state index is 13.9. The maximum atomic E-state index is 13.9. The quantitative estimate of drug-likeness (QED) is 0.686. The number of aromatic nitrogens is 4. The normalized spacial score (nSPS) is 15.4. The van der Waals surface area contributed by atoms with E-state index in [9.17, 15) is 4.39 Å². The average molecular weight is 370 g/mol. The molecular weight excluding hydrogens is 347 g/mol. The smallest absolute Gasteiger partial charge is 0.203 e. The molecule has 0 saturated carbocycles. The number of methoxy groups -OCH3 is 1. The molecule has 1 saturated heterocycles. The number of halogens is 1. The first-order chi connectivity index (χ1) is 13.2. The topological polar surface area (TPSA) is 58.8 Å². The first-order valence-corrected chi connectivity index (χ1v) is 9.18. The highest BCUT2D eigenvalue weighted by Gasteiger charge is 2.21. The van der Waals surface area contributed by atoms with Crippen LogP contribution in [0.3, 0.4) is 0 Å². The van der Waals surface area contributed by atoms with Gasteiger partial charge in [0.2, 0.25) is 5.65 Å². The highest BCUT2D eigenvalue weighted by molar-refractivity contribution is 5.64. The van der Waals surface area contributed by atoms with Crippen LogP contribution in [0.15, 0.2) is 30.6 Å². The Morgan fingerprint density at radius 1 is 1.15 bits per heavy atom. The summed E-state index contributed by atoms with van der Waals surface area (Å²) in [5.74, 6) is 1.78. The summed E-state index contributed by atoms with van der Waals surface area (Å²) in [6.45, 7) is 6.24. The minimum absolute atomic E-state index is 0.280. The van der Waals surface area contributed by atoms with Gasteiger partial charge in [-0.05, 0) is 17.7 Å². The Balaban J connectivity index is 1.43. The molecule has 1 aliphatic rings. The Morgan fingerprint density at radius 2 is 1.96 bits per heavy atom. The first kappa shape index (κ1) is 17.7. The Kier molecular flexibility index (Phi) is 4.89. The van der Waals surface area contributed by atoms with E-state index >= 15 is 0 Å². The van der Waals surface area contributed by atoms with Crippen LogP contribution >= 0.6 is 0 Å². The summed E-state index contributed by atoms with van der Waals surface area (Å²) in [7, 11) is 1.48. The molecule has 0 N–H and O–H groups in total. The number of fused-ring (bicyclic) bond motifs is 1. The van der Waals surface area contributed by atoms with Crippen LogP contribution in [0.25, 0.3) is 5.65 Å². The lowest BCUT2D eigenvalue weighted by molar-refractivity contribution is 0.249. The molecule has 1 fully saturated rings. The van der Waals surface area contributed by atoms with Crippen LogP contribution in [-0.2, 0) is 13.0 Å². The molecule has 8 heteroatoms. The molecule has 3 heterocycles. The van der Waals surface area contributed by atoms with E-state index < -0.39 is 0 Å². The predicted molar refractivity (Wildman–Crippen MR) is 101 cm³/mol. The zero-order valence-electron chi connectivity index (χ0n) is 15.6. The van der Waals surface area contributed by atoms with E-state index in [0.29, 0.717) is 0 Å². The van der Waals surface area contributed by atoms with Gasteiger partial charge in [-0.3, -0.25) is 9.30 Å². The second-order valence-electron chi connectivity index (χ2n) is 6.65. The predicted octanol–water partition coefficient (Wildman–Crippen LogP) is 2.16. The fourth-order valence-electron chi connectivity index (χ4n) is 3.51. The summed E-state index contributed by atoms with van der Waals surface area (Å²) in [5.41, 5.74) is 1.76. The fraction of sp³-hybridized carbons (Fsp3) is 0.421. The van der Waals surface area contributed by atoms with Crippen LogP contribution in [0.4, 0.5) is 10.2 Å². The Hall–Kier alpha value is -2.74. The van der Waals surface area contributed by atoms with Crippen LogP contribution in [0.2, 0.25) is 0 Å². The zero-order valence-corrected chi connectivity index (χ0v) is 15.6. The van der Waals surface area contributed by atoms with Gasteiger partial charge in [-0.2, -0.15) is 0 Å². The van der Waals surface area contributed by atoms with Crippen molar-refractivity contribution in [3.8, 4) is 5.75 Å². The van der Waals surface area contributed by atoms with Gasteiger partial charge in [-0.1, -0.05) is 13.0 Å². The van der Waals surface area contributed by atoms with Gasteiger partial charge in [0.15, 0.2) is 17.4 Å². The number of anilines is 1. The van der Waals surface area contributed by atoms with Crippen LogP contribution < -0.4 is 9.64 Å². The first-order valence-electron chi connectivity index (χ1n) is 9.18. The van der Waals surface area contributed by atoms with Crippen molar-refractivity contribution in [3.63, 3.8) is 0 Å². The van der Waals surface area contributed by atoms with Gasteiger partial charge in [0, 0.05) is 51.5 Å². The molecule has 1 aliphatic heterocycles. The Bertz CT molecular complexity index is 935. The van der Waals surface area contributed by atoms with Crippen molar-refractivity contribution >= 4 is 11.5 Å². The summed E-state index contributed by atoms with van der Waals surface area (Å²) < 4.78 is 20.9. The average Bonchev–Trinajstić information content (AvgIpc) is 3.12. The standard InChI is InChI=1S/C19H23FN6O/c1-3-17-22-23-19-18(21-6-7-26(17)19)25-10-8-24(9-11-25)13-14-4-5-16(27-2)15(20)12-14/h4-7,12H,3,8-11,13H2,1-2H3. The van der Waals surface area contributed by atoms with E-state index in [4.69, 9.17) is 4.74 Å². The molecule has 2 aromatic heterocycles. The van der Waals surface area contributed by atoms with Crippen molar-refractivity contribution in [1.82, 2.24) is 24.5 Å². The van der Waals surface area contributed by atoms with E-state index in [0.717, 1.165) is 62.0 Å². The number of ether oxygens (including phenoxy) is 1.